The molecule has 3 aromatic rings. The van der Waals surface area contributed by atoms with E-state index in [0.717, 1.165) is 17.6 Å². The van der Waals surface area contributed by atoms with Crippen molar-refractivity contribution in [2.24, 2.45) is 7.05 Å². The Kier molecular flexibility index (Phi) is 3.14. The number of aromatic nitrogens is 4. The Morgan fingerprint density at radius 1 is 1.26 bits per heavy atom. The fraction of sp³-hybridized carbons (Fsp3) is 0.286. The molecule has 0 saturated carbocycles. The maximum Gasteiger partial charge on any atom is 0.131 e. The summed E-state index contributed by atoms with van der Waals surface area (Å²) in [7, 11) is 1.94. The van der Waals surface area contributed by atoms with Crippen molar-refractivity contribution in [2.45, 2.75) is 19.9 Å². The number of rotatable bonds is 3. The summed E-state index contributed by atoms with van der Waals surface area (Å²) in [5, 5.41) is 5.60. The van der Waals surface area contributed by atoms with Gasteiger partial charge in [-0.05, 0) is 34.5 Å². The first-order chi connectivity index (χ1) is 9.19. The lowest BCUT2D eigenvalue weighted by atomic mass is 10.1. The lowest BCUT2D eigenvalue weighted by molar-refractivity contribution is 0.760. The molecule has 19 heavy (non-hydrogen) atoms. The SMILES string of the molecule is CCn1cc(Cc2cn(C)nc2Br)c2ccncc21. The van der Waals surface area contributed by atoms with Crippen LogP contribution in [0, 0.1) is 0 Å². The summed E-state index contributed by atoms with van der Waals surface area (Å²) in [5.41, 5.74) is 3.71. The van der Waals surface area contributed by atoms with Gasteiger partial charge < -0.3 is 4.57 Å². The Hall–Kier alpha value is -1.62. The Bertz CT molecular complexity index is 726. The molecule has 98 valence electrons. The van der Waals surface area contributed by atoms with E-state index in [-0.39, 0.29) is 0 Å². The van der Waals surface area contributed by atoms with Crippen LogP contribution in [0.5, 0.6) is 0 Å². The van der Waals surface area contributed by atoms with E-state index in [0.29, 0.717) is 0 Å². The normalized spacial score (nSPS) is 11.3. The van der Waals surface area contributed by atoms with E-state index in [2.05, 4.69) is 56.0 Å². The zero-order valence-electron chi connectivity index (χ0n) is 11.0. The summed E-state index contributed by atoms with van der Waals surface area (Å²) < 4.78 is 4.99. The van der Waals surface area contributed by atoms with Gasteiger partial charge in [0.25, 0.3) is 0 Å². The maximum absolute atomic E-state index is 4.33. The predicted octanol–water partition coefficient (Wildman–Crippen LogP) is 3.14. The van der Waals surface area contributed by atoms with Gasteiger partial charge in [-0.25, -0.2) is 0 Å². The van der Waals surface area contributed by atoms with Crippen LogP contribution in [0.3, 0.4) is 0 Å². The molecular formula is C14H15BrN4. The van der Waals surface area contributed by atoms with Gasteiger partial charge in [-0.15, -0.1) is 0 Å². The van der Waals surface area contributed by atoms with E-state index >= 15 is 0 Å². The van der Waals surface area contributed by atoms with Gasteiger partial charge in [0.15, 0.2) is 0 Å². The summed E-state index contributed by atoms with van der Waals surface area (Å²) >= 11 is 3.51. The number of nitrogens with zero attached hydrogens (tertiary/aromatic N) is 4. The van der Waals surface area contributed by atoms with Gasteiger partial charge in [-0.1, -0.05) is 0 Å². The third-order valence-electron chi connectivity index (χ3n) is 3.34. The third kappa shape index (κ3) is 2.18. The molecule has 3 aromatic heterocycles. The number of pyridine rings is 1. The molecule has 4 nitrogen and oxygen atoms in total. The first-order valence-corrected chi connectivity index (χ1v) is 7.08. The van der Waals surface area contributed by atoms with E-state index < -0.39 is 0 Å². The van der Waals surface area contributed by atoms with Gasteiger partial charge >= 0.3 is 0 Å². The fourth-order valence-corrected chi connectivity index (χ4v) is 2.94. The Labute approximate surface area is 120 Å². The van der Waals surface area contributed by atoms with Gasteiger partial charge in [0.2, 0.25) is 0 Å². The van der Waals surface area contributed by atoms with Crippen molar-refractivity contribution in [3.63, 3.8) is 0 Å². The molecule has 0 spiro atoms. The molecule has 5 heteroatoms. The first-order valence-electron chi connectivity index (χ1n) is 6.28. The summed E-state index contributed by atoms with van der Waals surface area (Å²) in [4.78, 5) is 4.22. The summed E-state index contributed by atoms with van der Waals surface area (Å²) in [6.45, 7) is 3.10. The topological polar surface area (TPSA) is 35.6 Å². The highest BCUT2D eigenvalue weighted by Crippen LogP contribution is 2.25. The van der Waals surface area contributed by atoms with Crippen LogP contribution in [0.25, 0.3) is 10.9 Å². The maximum atomic E-state index is 4.33. The standard InChI is InChI=1S/C14H15BrN4/c1-3-19-9-10(12-4-5-16-7-13(12)19)6-11-8-18(2)17-14(11)15/h4-5,7-9H,3,6H2,1-2H3. The average molecular weight is 319 g/mol. The Morgan fingerprint density at radius 2 is 2.11 bits per heavy atom. The molecule has 3 rings (SSSR count). The minimum atomic E-state index is 0.877. The molecular weight excluding hydrogens is 304 g/mol. The smallest absolute Gasteiger partial charge is 0.131 e. The van der Waals surface area contributed by atoms with Crippen LogP contribution in [0.15, 0.2) is 35.5 Å². The van der Waals surface area contributed by atoms with Crippen LogP contribution >= 0.6 is 15.9 Å². The minimum absolute atomic E-state index is 0.877. The van der Waals surface area contributed by atoms with Crippen LogP contribution < -0.4 is 0 Å². The molecule has 0 unspecified atom stereocenters. The number of hydrogen-bond acceptors (Lipinski definition) is 2. The van der Waals surface area contributed by atoms with Gasteiger partial charge in [-0.2, -0.15) is 5.10 Å². The van der Waals surface area contributed by atoms with Crippen LogP contribution in [0.1, 0.15) is 18.1 Å². The van der Waals surface area contributed by atoms with E-state index in [1.807, 2.05) is 24.1 Å². The molecule has 0 N–H and O–H groups in total. The first kappa shape index (κ1) is 12.4. The zero-order chi connectivity index (χ0) is 13.4. The number of aryl methyl sites for hydroxylation is 2. The number of halogens is 1. The van der Waals surface area contributed by atoms with Crippen molar-refractivity contribution >= 4 is 26.8 Å². The monoisotopic (exact) mass is 318 g/mol. The van der Waals surface area contributed by atoms with E-state index in [9.17, 15) is 0 Å². The Morgan fingerprint density at radius 3 is 2.79 bits per heavy atom. The third-order valence-corrected chi connectivity index (χ3v) is 4.01. The second kappa shape index (κ2) is 4.81. The molecule has 0 aliphatic carbocycles. The van der Waals surface area contributed by atoms with Crippen LogP contribution in [0.4, 0.5) is 0 Å². The molecule has 0 bridgehead atoms. The number of hydrogen-bond donors (Lipinski definition) is 0. The molecule has 0 atom stereocenters. The molecule has 0 saturated heterocycles. The largest absolute Gasteiger partial charge is 0.346 e. The van der Waals surface area contributed by atoms with Crippen LogP contribution in [-0.4, -0.2) is 19.3 Å². The molecule has 0 amide bonds. The van der Waals surface area contributed by atoms with E-state index in [1.54, 1.807) is 0 Å². The van der Waals surface area contributed by atoms with Crippen molar-refractivity contribution in [1.82, 2.24) is 19.3 Å². The fourth-order valence-electron chi connectivity index (χ4n) is 2.45. The highest BCUT2D eigenvalue weighted by molar-refractivity contribution is 9.10. The molecule has 0 aromatic carbocycles. The number of fused-ring (bicyclic) bond motifs is 1. The average Bonchev–Trinajstić information content (AvgIpc) is 2.91. The molecule has 0 aliphatic heterocycles. The van der Waals surface area contributed by atoms with Gasteiger partial charge in [-0.3, -0.25) is 9.67 Å². The lowest BCUT2D eigenvalue weighted by Crippen LogP contribution is -1.90. The van der Waals surface area contributed by atoms with Gasteiger partial charge in [0.05, 0.1) is 11.7 Å². The summed E-state index contributed by atoms with van der Waals surface area (Å²) in [5.74, 6) is 0. The van der Waals surface area contributed by atoms with Crippen molar-refractivity contribution in [3.8, 4) is 0 Å². The van der Waals surface area contributed by atoms with E-state index in [4.69, 9.17) is 0 Å². The van der Waals surface area contributed by atoms with E-state index in [1.165, 1.54) is 22.0 Å². The quantitative estimate of drug-likeness (QED) is 0.743. The van der Waals surface area contributed by atoms with Crippen molar-refractivity contribution in [2.75, 3.05) is 0 Å². The van der Waals surface area contributed by atoms with Gasteiger partial charge in [0.1, 0.15) is 4.60 Å². The van der Waals surface area contributed by atoms with Crippen molar-refractivity contribution in [3.05, 3.63) is 46.6 Å². The second-order valence-electron chi connectivity index (χ2n) is 4.63. The second-order valence-corrected chi connectivity index (χ2v) is 5.38. The van der Waals surface area contributed by atoms with Crippen LogP contribution in [-0.2, 0) is 20.0 Å². The minimum Gasteiger partial charge on any atom is -0.346 e. The van der Waals surface area contributed by atoms with Crippen molar-refractivity contribution in [1.29, 1.82) is 0 Å². The highest BCUT2D eigenvalue weighted by atomic mass is 79.9. The molecule has 3 heterocycles. The predicted molar refractivity (Wildman–Crippen MR) is 79.1 cm³/mol. The summed E-state index contributed by atoms with van der Waals surface area (Å²) in [6, 6.07) is 2.08. The molecule has 0 fully saturated rings. The van der Waals surface area contributed by atoms with Crippen molar-refractivity contribution < 1.29 is 0 Å². The molecule has 0 radical (unpaired) electrons. The van der Waals surface area contributed by atoms with Crippen LogP contribution in [0.2, 0.25) is 0 Å². The highest BCUT2D eigenvalue weighted by Gasteiger charge is 2.11. The lowest BCUT2D eigenvalue weighted by Gasteiger charge is -1.97. The Balaban J connectivity index is 2.08. The zero-order valence-corrected chi connectivity index (χ0v) is 12.6. The molecule has 0 aliphatic rings. The van der Waals surface area contributed by atoms with Gasteiger partial charge in [0, 0.05) is 49.6 Å². The summed E-state index contributed by atoms with van der Waals surface area (Å²) in [6.07, 6.45) is 8.93.